The monoisotopic (exact) mass is 253 g/mol. The van der Waals surface area contributed by atoms with E-state index in [4.69, 9.17) is 4.74 Å². The van der Waals surface area contributed by atoms with Gasteiger partial charge in [0.15, 0.2) is 0 Å². The van der Waals surface area contributed by atoms with Crippen molar-refractivity contribution in [3.8, 4) is 0 Å². The molecule has 0 aromatic heterocycles. The number of quaternary nitrogens is 1. The molecule has 100 valence electrons. The van der Waals surface area contributed by atoms with Gasteiger partial charge >= 0.3 is 0 Å². The minimum Gasteiger partial charge on any atom is -0.377 e. The van der Waals surface area contributed by atoms with Crippen LogP contribution in [0, 0.1) is 0 Å². The van der Waals surface area contributed by atoms with Gasteiger partial charge in [0.2, 0.25) is 11.4 Å². The van der Waals surface area contributed by atoms with E-state index < -0.39 is 0 Å². The van der Waals surface area contributed by atoms with Crippen LogP contribution in [-0.2, 0) is 11.2 Å². The molecule has 0 spiro atoms. The standard InChI is InChI=1S/C14H21N2O.FH/c1-3-11-6-7-13-14(9-11)16(13,2)15-10-12-5-4-8-17-12;/h6-7,9,12,15H,3-5,8,10H2,1-2H3;1H/q+1;. The largest absolute Gasteiger partial charge is 0.377 e. The third kappa shape index (κ3) is 2.16. The number of hydrogen-bond donors (Lipinski definition) is 1. The van der Waals surface area contributed by atoms with Crippen LogP contribution in [0.5, 0.6) is 0 Å². The first-order valence-corrected chi connectivity index (χ1v) is 6.61. The van der Waals surface area contributed by atoms with Gasteiger partial charge in [0, 0.05) is 18.7 Å². The van der Waals surface area contributed by atoms with Crippen LogP contribution in [0.25, 0.3) is 0 Å². The van der Waals surface area contributed by atoms with E-state index in [0.29, 0.717) is 6.10 Å². The van der Waals surface area contributed by atoms with Crippen molar-refractivity contribution in [1.82, 2.24) is 10.0 Å². The molecule has 2 unspecified atom stereocenters. The highest BCUT2D eigenvalue weighted by molar-refractivity contribution is 5.86. The first kappa shape index (κ1) is 13.5. The quantitative estimate of drug-likeness (QED) is 0.658. The lowest BCUT2D eigenvalue weighted by Gasteiger charge is -2.16. The highest BCUT2D eigenvalue weighted by atomic mass is 19.0. The Hall–Kier alpha value is -0.970. The summed E-state index contributed by atoms with van der Waals surface area (Å²) in [7, 11) is 2.22. The molecular weight excluding hydrogens is 231 g/mol. The first-order chi connectivity index (χ1) is 8.24. The number of benzene rings is 1. The number of nitrogens with one attached hydrogen (secondary N) is 1. The molecular formula is C14H22FN2O+. The van der Waals surface area contributed by atoms with Gasteiger partial charge in [-0.3, -0.25) is 4.70 Å². The molecule has 2 aliphatic rings. The summed E-state index contributed by atoms with van der Waals surface area (Å²) in [5.41, 5.74) is 7.85. The van der Waals surface area contributed by atoms with Crippen LogP contribution in [0.1, 0.15) is 25.3 Å². The van der Waals surface area contributed by atoms with Gasteiger partial charge in [0.05, 0.1) is 19.7 Å². The maximum Gasteiger partial charge on any atom is 0.221 e. The molecule has 1 aromatic rings. The molecule has 1 saturated heterocycles. The van der Waals surface area contributed by atoms with Crippen molar-refractivity contribution in [2.45, 2.75) is 32.3 Å². The zero-order chi connectivity index (χ0) is 11.9. The summed E-state index contributed by atoms with van der Waals surface area (Å²) in [5, 5.41) is 0. The molecule has 0 aliphatic carbocycles. The molecule has 18 heavy (non-hydrogen) atoms. The van der Waals surface area contributed by atoms with Crippen LogP contribution < -0.4 is 10.0 Å². The van der Waals surface area contributed by atoms with E-state index in [1.54, 1.807) is 0 Å². The number of aryl methyl sites for hydroxylation is 1. The highest BCUT2D eigenvalue weighted by Crippen LogP contribution is 2.52. The van der Waals surface area contributed by atoms with Crippen LogP contribution >= 0.6 is 0 Å². The Morgan fingerprint density at radius 1 is 1.39 bits per heavy atom. The van der Waals surface area contributed by atoms with Gasteiger partial charge < -0.3 is 4.74 Å². The van der Waals surface area contributed by atoms with E-state index in [-0.39, 0.29) is 4.70 Å². The van der Waals surface area contributed by atoms with Crippen molar-refractivity contribution in [2.75, 3.05) is 20.2 Å². The number of hydrogen-bond acceptors (Lipinski definition) is 2. The lowest BCUT2D eigenvalue weighted by molar-refractivity contribution is 0.101. The Morgan fingerprint density at radius 3 is 2.89 bits per heavy atom. The van der Waals surface area contributed by atoms with Crippen molar-refractivity contribution in [3.63, 3.8) is 0 Å². The average molecular weight is 253 g/mol. The van der Waals surface area contributed by atoms with Gasteiger partial charge in [-0.05, 0) is 24.8 Å². The van der Waals surface area contributed by atoms with E-state index in [2.05, 4.69) is 37.6 Å². The van der Waals surface area contributed by atoms with Crippen molar-refractivity contribution in [1.29, 1.82) is 0 Å². The molecule has 1 fully saturated rings. The lowest BCUT2D eigenvalue weighted by Crippen LogP contribution is -2.45. The van der Waals surface area contributed by atoms with Crippen molar-refractivity contribution in [3.05, 3.63) is 23.8 Å². The SMILES string of the molecule is CCc1ccc2c(c1)[N+]2(C)NCC1CCCO1.F. The summed E-state index contributed by atoms with van der Waals surface area (Å²) in [5.74, 6) is 0. The molecule has 3 nitrogen and oxygen atoms in total. The number of ether oxygens (including phenoxy) is 1. The number of fused-ring (bicyclic) bond motifs is 1. The van der Waals surface area contributed by atoms with Crippen molar-refractivity contribution >= 4 is 11.4 Å². The fourth-order valence-electron chi connectivity index (χ4n) is 2.70. The Balaban J connectivity index is 0.00000120. The van der Waals surface area contributed by atoms with Crippen LogP contribution in [0.4, 0.5) is 16.1 Å². The molecule has 0 radical (unpaired) electrons. The second-order valence-electron chi connectivity index (χ2n) is 5.18. The van der Waals surface area contributed by atoms with Crippen LogP contribution in [0.15, 0.2) is 18.2 Å². The van der Waals surface area contributed by atoms with Gasteiger partial charge in [-0.1, -0.05) is 13.0 Å². The first-order valence-electron chi connectivity index (χ1n) is 6.61. The van der Waals surface area contributed by atoms with Crippen LogP contribution in [0.2, 0.25) is 0 Å². The molecule has 2 heterocycles. The van der Waals surface area contributed by atoms with E-state index in [1.807, 2.05) is 0 Å². The maximum atomic E-state index is 5.65. The Bertz CT molecular complexity index is 432. The summed E-state index contributed by atoms with van der Waals surface area (Å²) in [6.07, 6.45) is 3.93. The molecule has 4 heteroatoms. The smallest absolute Gasteiger partial charge is 0.221 e. The molecule has 3 rings (SSSR count). The molecule has 1 N–H and O–H groups in total. The Morgan fingerprint density at radius 2 is 2.22 bits per heavy atom. The zero-order valence-electron chi connectivity index (χ0n) is 11.1. The predicted molar refractivity (Wildman–Crippen MR) is 72.7 cm³/mol. The molecule has 0 amide bonds. The zero-order valence-corrected chi connectivity index (χ0v) is 11.1. The summed E-state index contributed by atoms with van der Waals surface area (Å²) in [4.78, 5) is 0. The predicted octanol–water partition coefficient (Wildman–Crippen LogP) is 2.67. The van der Waals surface area contributed by atoms with E-state index in [9.17, 15) is 0 Å². The average Bonchev–Trinajstić information content (AvgIpc) is 2.76. The van der Waals surface area contributed by atoms with Crippen molar-refractivity contribution < 1.29 is 9.44 Å². The molecule has 0 saturated carbocycles. The van der Waals surface area contributed by atoms with E-state index in [0.717, 1.165) is 24.2 Å². The maximum absolute atomic E-state index is 5.65. The van der Waals surface area contributed by atoms with Gasteiger partial charge in [0.25, 0.3) is 0 Å². The summed E-state index contributed by atoms with van der Waals surface area (Å²) >= 11 is 0. The van der Waals surface area contributed by atoms with Crippen LogP contribution in [0.3, 0.4) is 0 Å². The fourth-order valence-corrected chi connectivity index (χ4v) is 2.70. The molecule has 0 bridgehead atoms. The third-order valence-corrected chi connectivity index (χ3v) is 4.02. The molecule has 2 aliphatic heterocycles. The lowest BCUT2D eigenvalue weighted by atomic mass is 10.2. The minimum absolute atomic E-state index is 0. The molecule has 1 aromatic carbocycles. The van der Waals surface area contributed by atoms with Crippen molar-refractivity contribution in [2.24, 2.45) is 0 Å². The van der Waals surface area contributed by atoms with Gasteiger partial charge in [-0.2, -0.15) is 10.0 Å². The normalized spacial score (nSPS) is 28.7. The minimum atomic E-state index is 0. The number of halogens is 1. The van der Waals surface area contributed by atoms with Gasteiger partial charge in [0.1, 0.15) is 0 Å². The summed E-state index contributed by atoms with van der Waals surface area (Å²) < 4.78 is 6.45. The highest BCUT2D eigenvalue weighted by Gasteiger charge is 2.50. The Labute approximate surface area is 108 Å². The Kier molecular flexibility index (Phi) is 3.71. The number of nitrogens with zero attached hydrogens (tertiary/aromatic N) is 1. The second kappa shape index (κ2) is 4.96. The summed E-state index contributed by atoms with van der Waals surface area (Å²) in [6.45, 7) is 4.09. The summed E-state index contributed by atoms with van der Waals surface area (Å²) in [6, 6.07) is 6.80. The van der Waals surface area contributed by atoms with E-state index >= 15 is 0 Å². The fraction of sp³-hybridized carbons (Fsp3) is 0.571. The number of rotatable bonds is 4. The van der Waals surface area contributed by atoms with Crippen LogP contribution in [-0.4, -0.2) is 26.3 Å². The topological polar surface area (TPSA) is 21.3 Å². The van der Waals surface area contributed by atoms with Gasteiger partial charge in [-0.15, -0.1) is 0 Å². The van der Waals surface area contributed by atoms with Gasteiger partial charge in [-0.25, -0.2) is 0 Å². The third-order valence-electron chi connectivity index (χ3n) is 4.02. The molecule has 2 atom stereocenters. The second-order valence-corrected chi connectivity index (χ2v) is 5.18. The van der Waals surface area contributed by atoms with E-state index in [1.165, 1.54) is 29.8 Å².